The molecule has 94 valence electrons. The first-order chi connectivity index (χ1) is 8.16. The second kappa shape index (κ2) is 6.03. The van der Waals surface area contributed by atoms with Crippen molar-refractivity contribution in [2.45, 2.75) is 12.8 Å². The topological polar surface area (TPSA) is 24.1 Å². The van der Waals surface area contributed by atoms with Gasteiger partial charge >= 0.3 is 0 Å². The second-order valence-corrected chi connectivity index (χ2v) is 5.58. The van der Waals surface area contributed by atoms with Gasteiger partial charge < -0.3 is 10.6 Å². The SMILES string of the molecule is Fc1cc(Cl)c(NCC2CCNCC2)c(Br)c1. The lowest BCUT2D eigenvalue weighted by molar-refractivity contribution is 0.390. The first-order valence-electron chi connectivity index (χ1n) is 5.76. The minimum absolute atomic E-state index is 0.325. The van der Waals surface area contributed by atoms with Crippen LogP contribution in [0.5, 0.6) is 0 Å². The number of hydrogen-bond donors (Lipinski definition) is 2. The number of hydrogen-bond acceptors (Lipinski definition) is 2. The molecule has 1 aliphatic rings. The number of piperidine rings is 1. The predicted molar refractivity (Wildman–Crippen MR) is 73.2 cm³/mol. The third-order valence-electron chi connectivity index (χ3n) is 3.03. The molecule has 0 unspecified atom stereocenters. The Balaban J connectivity index is 1.98. The van der Waals surface area contributed by atoms with Crippen molar-refractivity contribution in [2.24, 2.45) is 5.92 Å². The maximum Gasteiger partial charge on any atom is 0.125 e. The van der Waals surface area contributed by atoms with E-state index < -0.39 is 0 Å². The van der Waals surface area contributed by atoms with E-state index in [4.69, 9.17) is 11.6 Å². The van der Waals surface area contributed by atoms with Crippen LogP contribution in [0.1, 0.15) is 12.8 Å². The summed E-state index contributed by atoms with van der Waals surface area (Å²) in [5.74, 6) is 0.332. The highest BCUT2D eigenvalue weighted by atomic mass is 79.9. The van der Waals surface area contributed by atoms with Crippen molar-refractivity contribution in [3.8, 4) is 0 Å². The fourth-order valence-corrected chi connectivity index (χ4v) is 3.00. The van der Waals surface area contributed by atoms with Crippen LogP contribution >= 0.6 is 27.5 Å². The zero-order valence-corrected chi connectivity index (χ0v) is 11.7. The molecular formula is C12H15BrClFN2. The molecule has 1 aliphatic heterocycles. The lowest BCUT2D eigenvalue weighted by Gasteiger charge is -2.23. The van der Waals surface area contributed by atoms with Crippen LogP contribution in [0.3, 0.4) is 0 Å². The van der Waals surface area contributed by atoms with Gasteiger partial charge in [-0.2, -0.15) is 0 Å². The molecule has 0 radical (unpaired) electrons. The van der Waals surface area contributed by atoms with Crippen LogP contribution in [-0.2, 0) is 0 Å². The predicted octanol–water partition coefficient (Wildman–Crippen LogP) is 3.65. The number of anilines is 1. The van der Waals surface area contributed by atoms with Crippen molar-refractivity contribution >= 4 is 33.2 Å². The van der Waals surface area contributed by atoms with Gasteiger partial charge in [0.25, 0.3) is 0 Å². The Kier molecular flexibility index (Phi) is 4.65. The van der Waals surface area contributed by atoms with Crippen LogP contribution in [0.2, 0.25) is 5.02 Å². The van der Waals surface area contributed by atoms with Crippen molar-refractivity contribution in [2.75, 3.05) is 25.0 Å². The van der Waals surface area contributed by atoms with E-state index in [9.17, 15) is 4.39 Å². The van der Waals surface area contributed by atoms with E-state index in [0.717, 1.165) is 25.3 Å². The highest BCUT2D eigenvalue weighted by molar-refractivity contribution is 9.10. The standard InChI is InChI=1S/C12H15BrClFN2/c13-10-5-9(15)6-11(14)12(10)17-7-8-1-3-16-4-2-8/h5-6,8,16-17H,1-4,7H2. The molecule has 0 bridgehead atoms. The summed E-state index contributed by atoms with van der Waals surface area (Å²) in [5.41, 5.74) is 0.784. The largest absolute Gasteiger partial charge is 0.383 e. The monoisotopic (exact) mass is 320 g/mol. The molecule has 0 aromatic heterocycles. The molecule has 2 nitrogen and oxygen atoms in total. The first-order valence-corrected chi connectivity index (χ1v) is 6.93. The minimum atomic E-state index is -0.325. The zero-order chi connectivity index (χ0) is 12.3. The molecule has 2 N–H and O–H groups in total. The summed E-state index contributed by atoms with van der Waals surface area (Å²) in [4.78, 5) is 0. The summed E-state index contributed by atoms with van der Waals surface area (Å²) in [5, 5.41) is 7.06. The summed E-state index contributed by atoms with van der Waals surface area (Å²) >= 11 is 9.33. The van der Waals surface area contributed by atoms with Crippen molar-refractivity contribution in [3.05, 3.63) is 27.4 Å². The van der Waals surface area contributed by atoms with E-state index in [1.54, 1.807) is 0 Å². The summed E-state index contributed by atoms with van der Waals surface area (Å²) in [7, 11) is 0. The molecule has 17 heavy (non-hydrogen) atoms. The molecule has 1 aromatic carbocycles. The van der Waals surface area contributed by atoms with Gasteiger partial charge in [0.05, 0.1) is 10.7 Å². The van der Waals surface area contributed by atoms with Gasteiger partial charge in [-0.15, -0.1) is 0 Å². The molecule has 1 fully saturated rings. The summed E-state index contributed by atoms with van der Waals surface area (Å²) < 4.78 is 13.7. The van der Waals surface area contributed by atoms with Gasteiger partial charge in [-0.3, -0.25) is 0 Å². The quantitative estimate of drug-likeness (QED) is 0.888. The van der Waals surface area contributed by atoms with Crippen molar-refractivity contribution in [3.63, 3.8) is 0 Å². The third-order valence-corrected chi connectivity index (χ3v) is 3.96. The maximum atomic E-state index is 13.1. The fourth-order valence-electron chi connectivity index (χ4n) is 2.04. The molecular weight excluding hydrogens is 307 g/mol. The van der Waals surface area contributed by atoms with Gasteiger partial charge in [0, 0.05) is 11.0 Å². The Hall–Kier alpha value is -0.320. The van der Waals surface area contributed by atoms with Gasteiger partial charge in [0.15, 0.2) is 0 Å². The van der Waals surface area contributed by atoms with Crippen LogP contribution in [0.15, 0.2) is 16.6 Å². The maximum absolute atomic E-state index is 13.1. The fraction of sp³-hybridized carbons (Fsp3) is 0.500. The van der Waals surface area contributed by atoms with Crippen molar-refractivity contribution in [1.82, 2.24) is 5.32 Å². The Morgan fingerprint density at radius 1 is 1.41 bits per heavy atom. The first kappa shape index (κ1) is 13.1. The van der Waals surface area contributed by atoms with Gasteiger partial charge in [-0.05, 0) is 59.9 Å². The molecule has 2 rings (SSSR count). The molecule has 0 aliphatic carbocycles. The van der Waals surface area contributed by atoms with Crippen LogP contribution in [0.25, 0.3) is 0 Å². The molecule has 0 spiro atoms. The number of nitrogens with one attached hydrogen (secondary N) is 2. The highest BCUT2D eigenvalue weighted by Gasteiger charge is 2.14. The van der Waals surface area contributed by atoms with Gasteiger partial charge in [0.2, 0.25) is 0 Å². The lowest BCUT2D eigenvalue weighted by atomic mass is 9.98. The molecule has 0 atom stereocenters. The Morgan fingerprint density at radius 3 is 2.76 bits per heavy atom. The Bertz CT molecular complexity index is 371. The molecule has 5 heteroatoms. The van der Waals surface area contributed by atoms with Crippen LogP contribution < -0.4 is 10.6 Å². The van der Waals surface area contributed by atoms with Crippen LogP contribution in [-0.4, -0.2) is 19.6 Å². The molecule has 1 saturated heterocycles. The second-order valence-electron chi connectivity index (χ2n) is 4.32. The summed E-state index contributed by atoms with van der Waals surface area (Å²) in [6, 6.07) is 2.76. The third kappa shape index (κ3) is 3.57. The summed E-state index contributed by atoms with van der Waals surface area (Å²) in [6.07, 6.45) is 2.34. The smallest absolute Gasteiger partial charge is 0.125 e. The van der Waals surface area contributed by atoms with Gasteiger partial charge in [-0.1, -0.05) is 11.6 Å². The normalized spacial score (nSPS) is 17.1. The van der Waals surface area contributed by atoms with E-state index in [2.05, 4.69) is 26.6 Å². The molecule has 0 amide bonds. The van der Waals surface area contributed by atoms with E-state index in [-0.39, 0.29) is 5.82 Å². The molecule has 1 aromatic rings. The zero-order valence-electron chi connectivity index (χ0n) is 9.40. The van der Waals surface area contributed by atoms with E-state index >= 15 is 0 Å². The molecule has 1 heterocycles. The van der Waals surface area contributed by atoms with Crippen LogP contribution in [0.4, 0.5) is 10.1 Å². The van der Waals surface area contributed by atoms with Crippen molar-refractivity contribution in [1.29, 1.82) is 0 Å². The average Bonchev–Trinajstić information content (AvgIpc) is 2.29. The van der Waals surface area contributed by atoms with E-state index in [0.29, 0.717) is 15.4 Å². The van der Waals surface area contributed by atoms with E-state index in [1.165, 1.54) is 25.0 Å². The number of halogens is 3. The molecule has 0 saturated carbocycles. The number of rotatable bonds is 3. The number of benzene rings is 1. The van der Waals surface area contributed by atoms with Gasteiger partial charge in [0.1, 0.15) is 5.82 Å². The van der Waals surface area contributed by atoms with Crippen molar-refractivity contribution < 1.29 is 4.39 Å². The Labute approximate surface area is 114 Å². The Morgan fingerprint density at radius 2 is 2.12 bits per heavy atom. The van der Waals surface area contributed by atoms with Crippen LogP contribution in [0, 0.1) is 11.7 Å². The highest BCUT2D eigenvalue weighted by Crippen LogP contribution is 2.32. The minimum Gasteiger partial charge on any atom is -0.383 e. The van der Waals surface area contributed by atoms with Gasteiger partial charge in [-0.25, -0.2) is 4.39 Å². The van der Waals surface area contributed by atoms with E-state index in [1.807, 2.05) is 0 Å². The summed E-state index contributed by atoms with van der Waals surface area (Å²) in [6.45, 7) is 3.03. The average molecular weight is 322 g/mol. The lowest BCUT2D eigenvalue weighted by Crippen LogP contribution is -2.31.